The zero-order valence-corrected chi connectivity index (χ0v) is 15.2. The third-order valence-electron chi connectivity index (χ3n) is 4.19. The van der Waals surface area contributed by atoms with Crippen LogP contribution in [0.1, 0.15) is 18.6 Å². The van der Waals surface area contributed by atoms with Gasteiger partial charge in [0, 0.05) is 50.2 Å². The number of carbonyl (C=O) groups excluding carboxylic acids is 1. The number of carbonyl (C=O) groups is 1. The van der Waals surface area contributed by atoms with Gasteiger partial charge in [-0.05, 0) is 19.1 Å². The predicted molar refractivity (Wildman–Crippen MR) is 99.8 cm³/mol. The molecule has 2 heterocycles. The minimum Gasteiger partial charge on any atom is -0.333 e. The number of aryl methyl sites for hydroxylation is 2. The van der Waals surface area contributed by atoms with Crippen LogP contribution in [0.25, 0.3) is 11.4 Å². The number of anilines is 1. The van der Waals surface area contributed by atoms with Crippen LogP contribution in [-0.4, -0.2) is 49.3 Å². The van der Waals surface area contributed by atoms with Gasteiger partial charge in [-0.3, -0.25) is 5.10 Å². The number of hydrogen-bond acceptors (Lipinski definition) is 4. The topological polar surface area (TPSA) is 91.7 Å². The molecule has 0 radical (unpaired) electrons. The number of H-pyrrole nitrogens is 1. The average Bonchev–Trinajstić information content (AvgIpc) is 3.28. The van der Waals surface area contributed by atoms with E-state index in [-0.39, 0.29) is 6.03 Å². The molecular weight excluding hydrogens is 330 g/mol. The Balaban J connectivity index is 1.61. The molecule has 3 rings (SSSR count). The zero-order valence-electron chi connectivity index (χ0n) is 15.2. The molecule has 0 aliphatic heterocycles. The van der Waals surface area contributed by atoms with Crippen molar-refractivity contribution in [1.29, 1.82) is 0 Å². The lowest BCUT2D eigenvalue weighted by Gasteiger charge is -2.18. The van der Waals surface area contributed by atoms with Crippen LogP contribution in [0, 0.1) is 6.92 Å². The van der Waals surface area contributed by atoms with Crippen LogP contribution in [0.4, 0.5) is 10.5 Å². The van der Waals surface area contributed by atoms with Crippen molar-refractivity contribution in [2.75, 3.05) is 18.9 Å². The smallest absolute Gasteiger partial charge is 0.321 e. The van der Waals surface area contributed by atoms with Crippen molar-refractivity contribution in [3.63, 3.8) is 0 Å². The van der Waals surface area contributed by atoms with Gasteiger partial charge in [-0.1, -0.05) is 19.1 Å². The number of likely N-dealkylation sites (N-methyl/N-ethyl adjacent to an activating group) is 1. The average molecular weight is 353 g/mol. The van der Waals surface area contributed by atoms with Gasteiger partial charge in [0.2, 0.25) is 0 Å². The number of aromatic nitrogens is 5. The molecule has 8 heteroatoms. The van der Waals surface area contributed by atoms with Crippen LogP contribution >= 0.6 is 0 Å². The lowest BCUT2D eigenvalue weighted by atomic mass is 10.2. The van der Waals surface area contributed by atoms with Gasteiger partial charge in [0.25, 0.3) is 0 Å². The molecule has 136 valence electrons. The SMILES string of the molecule is CCc1nc(-c2cccc(NC(=O)N(C)CCn3ccnc3C)c2)n[nH]1. The van der Waals surface area contributed by atoms with Gasteiger partial charge >= 0.3 is 6.03 Å². The maximum Gasteiger partial charge on any atom is 0.321 e. The molecule has 26 heavy (non-hydrogen) atoms. The summed E-state index contributed by atoms with van der Waals surface area (Å²) in [6.45, 7) is 5.25. The molecule has 0 spiro atoms. The summed E-state index contributed by atoms with van der Waals surface area (Å²) in [4.78, 5) is 22.7. The number of imidazole rings is 1. The number of benzene rings is 1. The quantitative estimate of drug-likeness (QED) is 0.713. The highest BCUT2D eigenvalue weighted by Crippen LogP contribution is 2.19. The summed E-state index contributed by atoms with van der Waals surface area (Å²) in [6, 6.07) is 7.35. The minimum absolute atomic E-state index is 0.163. The summed E-state index contributed by atoms with van der Waals surface area (Å²) >= 11 is 0. The Kier molecular flexibility index (Phi) is 5.31. The van der Waals surface area contributed by atoms with Crippen molar-refractivity contribution in [2.24, 2.45) is 0 Å². The fourth-order valence-electron chi connectivity index (χ4n) is 2.54. The maximum atomic E-state index is 12.4. The Morgan fingerprint density at radius 1 is 1.38 bits per heavy atom. The Morgan fingerprint density at radius 3 is 2.92 bits per heavy atom. The Labute approximate surface area is 152 Å². The Bertz CT molecular complexity index is 883. The highest BCUT2D eigenvalue weighted by molar-refractivity contribution is 5.89. The first-order valence-electron chi connectivity index (χ1n) is 8.58. The second kappa shape index (κ2) is 7.81. The lowest BCUT2D eigenvalue weighted by molar-refractivity contribution is 0.220. The van der Waals surface area contributed by atoms with Gasteiger partial charge in [0.1, 0.15) is 11.6 Å². The molecule has 0 unspecified atom stereocenters. The van der Waals surface area contributed by atoms with Gasteiger partial charge < -0.3 is 14.8 Å². The van der Waals surface area contributed by atoms with E-state index in [1.54, 1.807) is 18.1 Å². The van der Waals surface area contributed by atoms with Crippen molar-refractivity contribution in [2.45, 2.75) is 26.8 Å². The number of hydrogen-bond donors (Lipinski definition) is 2. The van der Waals surface area contributed by atoms with E-state index in [9.17, 15) is 4.79 Å². The molecule has 2 N–H and O–H groups in total. The van der Waals surface area contributed by atoms with E-state index in [0.29, 0.717) is 24.6 Å². The molecule has 0 aliphatic carbocycles. The lowest BCUT2D eigenvalue weighted by Crippen LogP contribution is -2.33. The minimum atomic E-state index is -0.163. The van der Waals surface area contributed by atoms with Crippen LogP contribution in [-0.2, 0) is 13.0 Å². The highest BCUT2D eigenvalue weighted by Gasteiger charge is 2.11. The first kappa shape index (κ1) is 17.7. The van der Waals surface area contributed by atoms with E-state index in [0.717, 1.165) is 23.6 Å². The predicted octanol–water partition coefficient (Wildman–Crippen LogP) is 2.70. The number of amides is 2. The molecule has 8 nitrogen and oxygen atoms in total. The Morgan fingerprint density at radius 2 is 2.23 bits per heavy atom. The first-order valence-corrected chi connectivity index (χ1v) is 8.58. The number of nitrogens with zero attached hydrogens (tertiary/aromatic N) is 5. The molecule has 2 aromatic heterocycles. The molecular formula is C18H23N7O. The van der Waals surface area contributed by atoms with Gasteiger partial charge in [0.15, 0.2) is 5.82 Å². The van der Waals surface area contributed by atoms with E-state index in [4.69, 9.17) is 0 Å². The molecule has 2 amide bonds. The molecule has 0 bridgehead atoms. The summed E-state index contributed by atoms with van der Waals surface area (Å²) in [5, 5.41) is 10.0. The van der Waals surface area contributed by atoms with Gasteiger partial charge in [0.05, 0.1) is 0 Å². The number of aromatic amines is 1. The van der Waals surface area contributed by atoms with Gasteiger partial charge in [-0.25, -0.2) is 14.8 Å². The van der Waals surface area contributed by atoms with E-state index < -0.39 is 0 Å². The molecule has 1 aromatic carbocycles. The van der Waals surface area contributed by atoms with Gasteiger partial charge in [-0.2, -0.15) is 5.10 Å². The molecule has 3 aromatic rings. The molecule has 0 fully saturated rings. The maximum absolute atomic E-state index is 12.4. The van der Waals surface area contributed by atoms with E-state index >= 15 is 0 Å². The van der Waals surface area contributed by atoms with Crippen molar-refractivity contribution in [3.8, 4) is 11.4 Å². The fraction of sp³-hybridized carbons (Fsp3) is 0.333. The number of rotatable bonds is 6. The number of nitrogens with one attached hydrogen (secondary N) is 2. The molecule has 0 aliphatic rings. The van der Waals surface area contributed by atoms with Gasteiger partial charge in [-0.15, -0.1) is 0 Å². The molecule has 0 saturated heterocycles. The van der Waals surface area contributed by atoms with Crippen LogP contribution in [0.2, 0.25) is 0 Å². The van der Waals surface area contributed by atoms with Crippen molar-refractivity contribution in [3.05, 3.63) is 48.3 Å². The Hall–Kier alpha value is -3.16. The van der Waals surface area contributed by atoms with E-state index in [1.165, 1.54) is 0 Å². The summed E-state index contributed by atoms with van der Waals surface area (Å²) in [5.41, 5.74) is 1.57. The highest BCUT2D eigenvalue weighted by atomic mass is 16.2. The third kappa shape index (κ3) is 4.08. The normalized spacial score (nSPS) is 10.7. The van der Waals surface area contributed by atoms with Crippen molar-refractivity contribution >= 4 is 11.7 Å². The third-order valence-corrected chi connectivity index (χ3v) is 4.19. The van der Waals surface area contributed by atoms with Crippen LogP contribution in [0.5, 0.6) is 0 Å². The van der Waals surface area contributed by atoms with Crippen LogP contribution in [0.15, 0.2) is 36.7 Å². The standard InChI is InChI=1S/C18H23N7O/c1-4-16-21-17(23-22-16)14-6-5-7-15(12-14)20-18(26)24(3)10-11-25-9-8-19-13(25)2/h5-9,12H,4,10-11H2,1-3H3,(H,20,26)(H,21,22,23). The molecule has 0 saturated carbocycles. The fourth-order valence-corrected chi connectivity index (χ4v) is 2.54. The summed E-state index contributed by atoms with van der Waals surface area (Å²) in [5.74, 6) is 2.40. The van der Waals surface area contributed by atoms with Crippen LogP contribution in [0.3, 0.4) is 0 Å². The van der Waals surface area contributed by atoms with E-state index in [2.05, 4.69) is 25.5 Å². The second-order valence-electron chi connectivity index (χ2n) is 6.06. The largest absolute Gasteiger partial charge is 0.333 e. The van der Waals surface area contributed by atoms with Crippen LogP contribution < -0.4 is 5.32 Å². The summed E-state index contributed by atoms with van der Waals surface area (Å²) in [7, 11) is 1.77. The van der Waals surface area contributed by atoms with Crippen molar-refractivity contribution < 1.29 is 4.79 Å². The number of urea groups is 1. The first-order chi connectivity index (χ1) is 12.6. The summed E-state index contributed by atoms with van der Waals surface area (Å²) < 4.78 is 2.01. The second-order valence-corrected chi connectivity index (χ2v) is 6.06. The summed E-state index contributed by atoms with van der Waals surface area (Å²) in [6.07, 6.45) is 4.46. The van der Waals surface area contributed by atoms with E-state index in [1.807, 2.05) is 48.9 Å². The van der Waals surface area contributed by atoms with Crippen molar-refractivity contribution in [1.82, 2.24) is 29.6 Å². The monoisotopic (exact) mass is 353 g/mol. The zero-order chi connectivity index (χ0) is 18.5. The molecule has 0 atom stereocenters.